The molecule has 1 amide bonds. The number of rotatable bonds is 7. The molecule has 1 aromatic heterocycles. The van der Waals surface area contributed by atoms with Crippen molar-refractivity contribution in [2.75, 3.05) is 13.1 Å². The van der Waals surface area contributed by atoms with E-state index < -0.39 is 0 Å². The van der Waals surface area contributed by atoms with Crippen molar-refractivity contribution >= 4 is 5.91 Å². The molecule has 20 heavy (non-hydrogen) atoms. The van der Waals surface area contributed by atoms with Gasteiger partial charge >= 0.3 is 0 Å². The number of aromatic nitrogens is 3. The first-order valence-corrected chi connectivity index (χ1v) is 6.71. The van der Waals surface area contributed by atoms with Crippen LogP contribution >= 0.6 is 0 Å². The van der Waals surface area contributed by atoms with Gasteiger partial charge in [0.15, 0.2) is 0 Å². The second-order valence-corrected chi connectivity index (χ2v) is 4.47. The molecule has 0 radical (unpaired) electrons. The molecule has 106 valence electrons. The zero-order valence-corrected chi connectivity index (χ0v) is 11.3. The van der Waals surface area contributed by atoms with Gasteiger partial charge in [-0.3, -0.25) is 9.48 Å². The quantitative estimate of drug-likeness (QED) is 0.723. The first-order chi connectivity index (χ1) is 9.81. The fourth-order valence-corrected chi connectivity index (χ4v) is 2.01. The van der Waals surface area contributed by atoms with Crippen LogP contribution in [-0.2, 0) is 13.0 Å². The van der Waals surface area contributed by atoms with Gasteiger partial charge in [0.25, 0.3) is 5.91 Å². The van der Waals surface area contributed by atoms with Gasteiger partial charge in [-0.15, -0.1) is 5.10 Å². The van der Waals surface area contributed by atoms with Crippen molar-refractivity contribution in [1.82, 2.24) is 20.3 Å². The maximum atomic E-state index is 12.1. The number of hydrogen-bond donors (Lipinski definition) is 2. The third-order valence-electron chi connectivity index (χ3n) is 3.00. The van der Waals surface area contributed by atoms with Crippen molar-refractivity contribution in [2.45, 2.75) is 19.4 Å². The van der Waals surface area contributed by atoms with Crippen LogP contribution in [0, 0.1) is 0 Å². The maximum Gasteiger partial charge on any atom is 0.251 e. The van der Waals surface area contributed by atoms with Gasteiger partial charge in [-0.05, 0) is 31.0 Å². The molecule has 0 spiro atoms. The smallest absolute Gasteiger partial charge is 0.251 e. The molecule has 1 aromatic carbocycles. The summed E-state index contributed by atoms with van der Waals surface area (Å²) >= 11 is 0. The molecule has 0 saturated carbocycles. The van der Waals surface area contributed by atoms with Crippen LogP contribution < -0.4 is 11.1 Å². The normalized spacial score (nSPS) is 10.4. The fraction of sp³-hybridized carbons (Fsp3) is 0.357. The molecule has 2 rings (SSSR count). The molecule has 0 aliphatic heterocycles. The van der Waals surface area contributed by atoms with Crippen LogP contribution in [0.5, 0.6) is 0 Å². The monoisotopic (exact) mass is 273 g/mol. The third-order valence-corrected chi connectivity index (χ3v) is 3.00. The van der Waals surface area contributed by atoms with E-state index >= 15 is 0 Å². The fourth-order valence-electron chi connectivity index (χ4n) is 2.01. The number of nitrogens with zero attached hydrogens (tertiary/aromatic N) is 3. The van der Waals surface area contributed by atoms with Crippen molar-refractivity contribution in [1.29, 1.82) is 0 Å². The second kappa shape index (κ2) is 7.40. The summed E-state index contributed by atoms with van der Waals surface area (Å²) in [7, 11) is 0. The van der Waals surface area contributed by atoms with Crippen molar-refractivity contribution in [3.63, 3.8) is 0 Å². The minimum atomic E-state index is -0.0485. The Labute approximate surface area is 118 Å². The van der Waals surface area contributed by atoms with E-state index in [1.165, 1.54) is 0 Å². The number of carbonyl (C=O) groups excluding carboxylic acids is 1. The van der Waals surface area contributed by atoms with E-state index in [1.807, 2.05) is 24.3 Å². The minimum Gasteiger partial charge on any atom is -0.352 e. The summed E-state index contributed by atoms with van der Waals surface area (Å²) < 4.78 is 1.74. The van der Waals surface area contributed by atoms with Crippen LogP contribution in [0.3, 0.4) is 0 Å². The van der Waals surface area contributed by atoms with E-state index in [0.717, 1.165) is 18.5 Å². The summed E-state index contributed by atoms with van der Waals surface area (Å²) in [6.07, 6.45) is 4.97. The lowest BCUT2D eigenvalue weighted by molar-refractivity contribution is 0.0951. The molecule has 0 atom stereocenters. The molecule has 0 aliphatic carbocycles. The lowest BCUT2D eigenvalue weighted by atomic mass is 10.0. The molecular weight excluding hydrogens is 254 g/mol. The summed E-state index contributed by atoms with van der Waals surface area (Å²) in [6, 6.07) is 7.56. The molecule has 0 saturated heterocycles. The van der Waals surface area contributed by atoms with Gasteiger partial charge in [0.05, 0.1) is 6.20 Å². The van der Waals surface area contributed by atoms with Crippen molar-refractivity contribution in [3.8, 4) is 0 Å². The van der Waals surface area contributed by atoms with Crippen LogP contribution in [0.4, 0.5) is 0 Å². The minimum absolute atomic E-state index is 0.0485. The van der Waals surface area contributed by atoms with Gasteiger partial charge in [-0.25, -0.2) is 0 Å². The lowest BCUT2D eigenvalue weighted by Gasteiger charge is -2.09. The van der Waals surface area contributed by atoms with E-state index in [9.17, 15) is 4.79 Å². The highest BCUT2D eigenvalue weighted by molar-refractivity contribution is 5.95. The summed E-state index contributed by atoms with van der Waals surface area (Å²) in [5, 5.41) is 10.5. The Hall–Kier alpha value is -2.21. The standard InChI is InChI=1S/C14H19N5O/c15-7-6-12-4-1-2-5-13(12)14(20)16-8-3-10-19-11-9-17-18-19/h1-2,4-5,9,11H,3,6-8,10,15H2,(H,16,20). The van der Waals surface area contributed by atoms with Crippen molar-refractivity contribution in [3.05, 3.63) is 47.8 Å². The molecule has 6 nitrogen and oxygen atoms in total. The highest BCUT2D eigenvalue weighted by atomic mass is 16.1. The van der Waals surface area contributed by atoms with E-state index in [2.05, 4.69) is 15.6 Å². The molecule has 3 N–H and O–H groups in total. The Morgan fingerprint density at radius 3 is 2.95 bits per heavy atom. The molecule has 0 aliphatic rings. The van der Waals surface area contributed by atoms with Crippen LogP contribution in [0.25, 0.3) is 0 Å². The van der Waals surface area contributed by atoms with Crippen molar-refractivity contribution in [2.24, 2.45) is 5.73 Å². The average molecular weight is 273 g/mol. The first kappa shape index (κ1) is 14.2. The lowest BCUT2D eigenvalue weighted by Crippen LogP contribution is -2.26. The molecule has 0 bridgehead atoms. The second-order valence-electron chi connectivity index (χ2n) is 4.47. The van der Waals surface area contributed by atoms with Crippen LogP contribution in [0.1, 0.15) is 22.3 Å². The van der Waals surface area contributed by atoms with E-state index in [1.54, 1.807) is 17.1 Å². The Bertz CT molecular complexity index is 538. The van der Waals surface area contributed by atoms with Crippen LogP contribution in [0.15, 0.2) is 36.7 Å². The van der Waals surface area contributed by atoms with Gasteiger partial charge in [0.1, 0.15) is 0 Å². The summed E-state index contributed by atoms with van der Waals surface area (Å²) in [6.45, 7) is 1.89. The molecule has 2 aromatic rings. The topological polar surface area (TPSA) is 85.8 Å². The number of nitrogens with one attached hydrogen (secondary N) is 1. The highest BCUT2D eigenvalue weighted by Crippen LogP contribution is 2.08. The largest absolute Gasteiger partial charge is 0.352 e. The summed E-state index contributed by atoms with van der Waals surface area (Å²) in [5.74, 6) is -0.0485. The Morgan fingerprint density at radius 2 is 2.20 bits per heavy atom. The molecular formula is C14H19N5O. The summed E-state index contributed by atoms with van der Waals surface area (Å²) in [4.78, 5) is 12.1. The van der Waals surface area contributed by atoms with Gasteiger partial charge in [-0.1, -0.05) is 23.4 Å². The van der Waals surface area contributed by atoms with Gasteiger partial charge in [0.2, 0.25) is 0 Å². The van der Waals surface area contributed by atoms with Gasteiger partial charge < -0.3 is 11.1 Å². The van der Waals surface area contributed by atoms with E-state index in [0.29, 0.717) is 25.1 Å². The number of hydrogen-bond acceptors (Lipinski definition) is 4. The highest BCUT2D eigenvalue weighted by Gasteiger charge is 2.09. The van der Waals surface area contributed by atoms with Crippen LogP contribution in [-0.4, -0.2) is 34.0 Å². The predicted molar refractivity (Wildman–Crippen MR) is 76.2 cm³/mol. The first-order valence-electron chi connectivity index (χ1n) is 6.71. The molecule has 0 fully saturated rings. The average Bonchev–Trinajstić information content (AvgIpc) is 2.97. The van der Waals surface area contributed by atoms with E-state index in [-0.39, 0.29) is 5.91 Å². The van der Waals surface area contributed by atoms with Crippen molar-refractivity contribution < 1.29 is 4.79 Å². The summed E-state index contributed by atoms with van der Waals surface area (Å²) in [5.41, 5.74) is 7.25. The van der Waals surface area contributed by atoms with Gasteiger partial charge in [-0.2, -0.15) is 0 Å². The zero-order valence-electron chi connectivity index (χ0n) is 11.3. The number of carbonyl (C=O) groups is 1. The Morgan fingerprint density at radius 1 is 1.35 bits per heavy atom. The predicted octanol–water partition coefficient (Wildman–Crippen LogP) is 0.599. The Balaban J connectivity index is 1.82. The SMILES string of the molecule is NCCc1ccccc1C(=O)NCCCn1ccnn1. The molecule has 6 heteroatoms. The zero-order chi connectivity index (χ0) is 14.2. The third kappa shape index (κ3) is 3.89. The number of aryl methyl sites for hydroxylation is 1. The number of nitrogens with two attached hydrogens (primary N) is 1. The van der Waals surface area contributed by atoms with Gasteiger partial charge in [0, 0.05) is 24.8 Å². The number of benzene rings is 1. The Kier molecular flexibility index (Phi) is 5.25. The molecule has 0 unspecified atom stereocenters. The van der Waals surface area contributed by atoms with E-state index in [4.69, 9.17) is 5.73 Å². The molecule has 1 heterocycles. The number of amides is 1. The van der Waals surface area contributed by atoms with Crippen LogP contribution in [0.2, 0.25) is 0 Å². The maximum absolute atomic E-state index is 12.1.